The summed E-state index contributed by atoms with van der Waals surface area (Å²) in [4.78, 5) is 78.8. The van der Waals surface area contributed by atoms with Gasteiger partial charge in [0.25, 0.3) is 5.91 Å². The maximum Gasteiger partial charge on any atom is 0.323 e. The summed E-state index contributed by atoms with van der Waals surface area (Å²) in [5, 5.41) is 43.4. The van der Waals surface area contributed by atoms with Gasteiger partial charge in [-0.3, -0.25) is 33.6 Å². The second-order valence-corrected chi connectivity index (χ2v) is 15.0. The zero-order chi connectivity index (χ0) is 43.6. The van der Waals surface area contributed by atoms with Gasteiger partial charge in [0.05, 0.1) is 4.90 Å². The number of hydrogen-bond donors (Lipinski definition) is 5. The van der Waals surface area contributed by atoms with Gasteiger partial charge in [0.2, 0.25) is 15.9 Å². The van der Waals surface area contributed by atoms with Crippen molar-refractivity contribution in [2.45, 2.75) is 96.8 Å². The van der Waals surface area contributed by atoms with Crippen LogP contribution in [0.3, 0.4) is 0 Å². The Hall–Kier alpha value is -5.36. The number of carboxylic acid groups (broad SMARTS) is 5. The molecule has 0 atom stereocenters. The number of benzene rings is 2. The van der Waals surface area contributed by atoms with Crippen molar-refractivity contribution in [2.24, 2.45) is 0 Å². The van der Waals surface area contributed by atoms with Crippen LogP contribution in [-0.4, -0.2) is 129 Å². The van der Waals surface area contributed by atoms with E-state index in [1.54, 1.807) is 44.2 Å². The molecule has 5 N–H and O–H groups in total. The molecule has 0 fully saturated rings. The number of sulfonamides is 1. The lowest BCUT2D eigenvalue weighted by atomic mass is 10.1. The number of hydrogen-bond acceptors (Lipinski definition) is 9. The minimum Gasteiger partial charge on any atom is -0.480 e. The first kappa shape index (κ1) is 51.6. The number of carbonyl (C=O) groups is 7. The van der Waals surface area contributed by atoms with Crippen LogP contribution in [0.1, 0.15) is 99.5 Å². The van der Waals surface area contributed by atoms with Gasteiger partial charge in [-0.2, -0.15) is 4.31 Å². The van der Waals surface area contributed by atoms with E-state index in [1.165, 1.54) is 50.3 Å². The van der Waals surface area contributed by atoms with E-state index >= 15 is 0 Å². The highest BCUT2D eigenvalue weighted by atomic mass is 32.2. The molecule has 0 radical (unpaired) electrons. The Bertz CT molecular complexity index is 1680. The van der Waals surface area contributed by atoms with E-state index in [-0.39, 0.29) is 17.9 Å². The van der Waals surface area contributed by atoms with E-state index in [1.807, 2.05) is 6.92 Å². The maximum atomic E-state index is 12.1. The number of aryl methyl sites for hydroxylation is 2. The third-order valence-corrected chi connectivity index (χ3v) is 10.1. The van der Waals surface area contributed by atoms with Gasteiger partial charge in [-0.15, -0.1) is 0 Å². The monoisotopic (exact) mass is 823 g/mol. The van der Waals surface area contributed by atoms with Crippen LogP contribution in [0.25, 0.3) is 0 Å². The highest BCUT2D eigenvalue weighted by molar-refractivity contribution is 7.89. The molecule has 2 aromatic rings. The largest absolute Gasteiger partial charge is 0.480 e. The van der Waals surface area contributed by atoms with Crippen LogP contribution in [-0.2, 0) is 38.8 Å². The topological polar surface area (TPSA) is 264 Å². The minimum atomic E-state index is -3.71. The number of nitrogens with zero attached hydrogens (tertiary/aromatic N) is 3. The van der Waals surface area contributed by atoms with Crippen molar-refractivity contribution in [3.05, 3.63) is 65.2 Å². The average molecular weight is 824 g/mol. The second-order valence-electron chi connectivity index (χ2n) is 13.0. The Balaban J connectivity index is 0.000000832. The lowest BCUT2D eigenvalue weighted by Crippen LogP contribution is -2.39. The Labute approximate surface area is 333 Å². The SMILES string of the molecule is CCCCCCCCCCCC(=O)N(CC(=O)O)CC(=O)O.CCN(CC(=O)O)S(=O)(=O)c1ccc(C)cc1.Cc1ccccc1C(=O)N(CC(=O)O)CC(=O)O. The Morgan fingerprint density at radius 1 is 0.544 bits per heavy atom. The van der Waals surface area contributed by atoms with Crippen LogP contribution >= 0.6 is 0 Å². The highest BCUT2D eigenvalue weighted by Gasteiger charge is 2.25. The van der Waals surface area contributed by atoms with Crippen molar-refractivity contribution < 1.29 is 67.5 Å². The van der Waals surface area contributed by atoms with Gasteiger partial charge in [-0.25, -0.2) is 8.42 Å². The summed E-state index contributed by atoms with van der Waals surface area (Å²) >= 11 is 0. The summed E-state index contributed by atoms with van der Waals surface area (Å²) in [6.45, 7) is 4.57. The molecular formula is C39H57N3O14S. The molecule has 0 saturated heterocycles. The molecule has 57 heavy (non-hydrogen) atoms. The lowest BCUT2D eigenvalue weighted by molar-refractivity contribution is -0.149. The normalized spacial score (nSPS) is 10.6. The van der Waals surface area contributed by atoms with Crippen LogP contribution in [0.5, 0.6) is 0 Å². The van der Waals surface area contributed by atoms with Crippen LogP contribution < -0.4 is 0 Å². The number of likely N-dealkylation sites (N-methyl/N-ethyl adjacent to an activating group) is 1. The molecule has 0 bridgehead atoms. The van der Waals surface area contributed by atoms with Crippen molar-refractivity contribution in [3.8, 4) is 0 Å². The predicted molar refractivity (Wildman–Crippen MR) is 209 cm³/mol. The van der Waals surface area contributed by atoms with Crippen molar-refractivity contribution in [1.29, 1.82) is 0 Å². The third kappa shape index (κ3) is 22.7. The van der Waals surface area contributed by atoms with Gasteiger partial charge < -0.3 is 35.3 Å². The first-order chi connectivity index (χ1) is 26.8. The molecule has 2 rings (SSSR count). The number of aliphatic carboxylic acids is 5. The zero-order valence-corrected chi connectivity index (χ0v) is 33.9. The van der Waals surface area contributed by atoms with Gasteiger partial charge in [0.15, 0.2) is 0 Å². The molecule has 0 saturated carbocycles. The number of rotatable bonds is 24. The van der Waals surface area contributed by atoms with E-state index in [0.29, 0.717) is 17.5 Å². The molecule has 2 aromatic carbocycles. The lowest BCUT2D eigenvalue weighted by Gasteiger charge is -2.19. The molecule has 2 amide bonds. The fourth-order valence-electron chi connectivity index (χ4n) is 5.19. The van der Waals surface area contributed by atoms with E-state index in [9.17, 15) is 42.0 Å². The standard InChI is InChI=1S/C16H29NO5.C12H13NO5.C11H15NO4S/c1-2-3-4-5-6-7-8-9-10-11-14(18)17(12-15(19)20)13-16(21)22;1-8-4-2-3-5-9(8)12(18)13(6-10(14)15)7-11(16)17;1-3-12(8-11(13)14)17(15,16)10-6-4-9(2)5-7-10/h2-13H2,1H3,(H,19,20)(H,21,22);2-5H,6-7H2,1H3,(H,14,15)(H,16,17);4-7H,3,8H2,1-2H3,(H,13,14). The van der Waals surface area contributed by atoms with E-state index < -0.39 is 84.4 Å². The first-order valence-corrected chi connectivity index (χ1v) is 20.0. The molecule has 0 aliphatic heterocycles. The van der Waals surface area contributed by atoms with Crippen LogP contribution in [0, 0.1) is 13.8 Å². The van der Waals surface area contributed by atoms with Gasteiger partial charge in [0, 0.05) is 18.5 Å². The van der Waals surface area contributed by atoms with Crippen molar-refractivity contribution in [2.75, 3.05) is 39.3 Å². The van der Waals surface area contributed by atoms with Crippen molar-refractivity contribution in [3.63, 3.8) is 0 Å². The summed E-state index contributed by atoms with van der Waals surface area (Å²) in [6.07, 6.45) is 10.4. The Morgan fingerprint density at radius 2 is 0.965 bits per heavy atom. The fraction of sp³-hybridized carbons (Fsp3) is 0.513. The van der Waals surface area contributed by atoms with Crippen molar-refractivity contribution in [1.82, 2.24) is 14.1 Å². The number of carboxylic acids is 5. The first-order valence-electron chi connectivity index (χ1n) is 18.5. The van der Waals surface area contributed by atoms with Gasteiger partial charge in [-0.05, 0) is 44.0 Å². The molecule has 0 spiro atoms. The summed E-state index contributed by atoms with van der Waals surface area (Å²) in [6, 6.07) is 12.9. The molecule has 0 heterocycles. The summed E-state index contributed by atoms with van der Waals surface area (Å²) in [5.74, 6) is -7.05. The summed E-state index contributed by atoms with van der Waals surface area (Å²) in [7, 11) is -3.71. The smallest absolute Gasteiger partial charge is 0.323 e. The van der Waals surface area contributed by atoms with E-state index in [0.717, 1.165) is 38.9 Å². The van der Waals surface area contributed by atoms with Gasteiger partial charge >= 0.3 is 29.8 Å². The molecule has 0 unspecified atom stereocenters. The summed E-state index contributed by atoms with van der Waals surface area (Å²) < 4.78 is 25.1. The number of unbranched alkanes of at least 4 members (excludes halogenated alkanes) is 8. The number of amides is 2. The molecular weight excluding hydrogens is 767 g/mol. The van der Waals surface area contributed by atoms with E-state index in [4.69, 9.17) is 25.5 Å². The average Bonchev–Trinajstić information content (AvgIpc) is 3.12. The zero-order valence-electron chi connectivity index (χ0n) is 33.1. The molecule has 18 heteroatoms. The van der Waals surface area contributed by atoms with Crippen LogP contribution in [0.15, 0.2) is 53.4 Å². The van der Waals surface area contributed by atoms with Gasteiger partial charge in [-0.1, -0.05) is 101 Å². The predicted octanol–water partition coefficient (Wildman–Crippen LogP) is 4.60. The summed E-state index contributed by atoms with van der Waals surface area (Å²) in [5.41, 5.74) is 1.92. The second kappa shape index (κ2) is 28.1. The van der Waals surface area contributed by atoms with Crippen LogP contribution in [0.2, 0.25) is 0 Å². The Morgan fingerprint density at radius 3 is 1.39 bits per heavy atom. The maximum absolute atomic E-state index is 12.1. The van der Waals surface area contributed by atoms with Gasteiger partial charge in [0.1, 0.15) is 32.7 Å². The quantitative estimate of drug-likeness (QED) is 0.0907. The highest BCUT2D eigenvalue weighted by Crippen LogP contribution is 2.16. The fourth-order valence-corrected chi connectivity index (χ4v) is 6.59. The molecule has 0 aliphatic rings. The molecule has 17 nitrogen and oxygen atoms in total. The van der Waals surface area contributed by atoms with E-state index in [2.05, 4.69) is 6.92 Å². The Kier molecular flexibility index (Phi) is 25.5. The van der Waals surface area contributed by atoms with Crippen LogP contribution in [0.4, 0.5) is 0 Å². The number of carbonyl (C=O) groups excluding carboxylic acids is 2. The molecule has 0 aromatic heterocycles. The van der Waals surface area contributed by atoms with Crippen molar-refractivity contribution >= 4 is 51.7 Å². The third-order valence-electron chi connectivity index (χ3n) is 8.14. The molecule has 318 valence electrons. The minimum absolute atomic E-state index is 0.117. The molecule has 0 aliphatic carbocycles.